The SMILES string of the molecule is CC1CN(c2nnccc2CN)CC1C. The molecule has 2 atom stereocenters. The summed E-state index contributed by atoms with van der Waals surface area (Å²) < 4.78 is 0. The molecule has 1 aromatic rings. The molecule has 0 bridgehead atoms. The van der Waals surface area contributed by atoms with Gasteiger partial charge in [-0.15, -0.1) is 5.10 Å². The number of aromatic nitrogens is 2. The second-order valence-electron chi connectivity index (χ2n) is 4.44. The van der Waals surface area contributed by atoms with E-state index in [4.69, 9.17) is 5.73 Å². The molecule has 2 unspecified atom stereocenters. The van der Waals surface area contributed by atoms with Crippen LogP contribution < -0.4 is 10.6 Å². The van der Waals surface area contributed by atoms with Gasteiger partial charge in [-0.3, -0.25) is 0 Å². The fourth-order valence-corrected chi connectivity index (χ4v) is 2.08. The molecular formula is C11H18N4. The Morgan fingerprint density at radius 1 is 1.40 bits per heavy atom. The first-order valence-corrected chi connectivity index (χ1v) is 5.48. The van der Waals surface area contributed by atoms with Crippen molar-refractivity contribution in [2.24, 2.45) is 17.6 Å². The first kappa shape index (κ1) is 10.4. The van der Waals surface area contributed by atoms with E-state index in [1.807, 2.05) is 6.07 Å². The Morgan fingerprint density at radius 2 is 2.07 bits per heavy atom. The molecule has 0 aromatic carbocycles. The van der Waals surface area contributed by atoms with Crippen molar-refractivity contribution >= 4 is 5.82 Å². The summed E-state index contributed by atoms with van der Waals surface area (Å²) in [7, 11) is 0. The van der Waals surface area contributed by atoms with E-state index in [-0.39, 0.29) is 0 Å². The molecule has 0 amide bonds. The zero-order valence-electron chi connectivity index (χ0n) is 9.35. The number of hydrogen-bond donors (Lipinski definition) is 1. The van der Waals surface area contributed by atoms with Crippen molar-refractivity contribution in [2.75, 3.05) is 18.0 Å². The van der Waals surface area contributed by atoms with E-state index < -0.39 is 0 Å². The van der Waals surface area contributed by atoms with Crippen molar-refractivity contribution in [3.8, 4) is 0 Å². The predicted molar refractivity (Wildman–Crippen MR) is 60.5 cm³/mol. The second kappa shape index (κ2) is 4.14. The molecule has 0 spiro atoms. The molecule has 4 heteroatoms. The summed E-state index contributed by atoms with van der Waals surface area (Å²) in [5.74, 6) is 2.41. The molecule has 2 N–H and O–H groups in total. The highest BCUT2D eigenvalue weighted by atomic mass is 15.3. The summed E-state index contributed by atoms with van der Waals surface area (Å²) in [5, 5.41) is 8.14. The van der Waals surface area contributed by atoms with Crippen LogP contribution in [-0.4, -0.2) is 23.3 Å². The molecule has 0 saturated carbocycles. The number of nitrogens with zero attached hydrogens (tertiary/aromatic N) is 3. The van der Waals surface area contributed by atoms with Gasteiger partial charge in [-0.1, -0.05) is 13.8 Å². The normalized spacial score (nSPS) is 25.9. The number of hydrogen-bond acceptors (Lipinski definition) is 4. The van der Waals surface area contributed by atoms with Crippen LogP contribution >= 0.6 is 0 Å². The van der Waals surface area contributed by atoms with Gasteiger partial charge in [0.15, 0.2) is 5.82 Å². The lowest BCUT2D eigenvalue weighted by Gasteiger charge is -2.18. The van der Waals surface area contributed by atoms with Crippen LogP contribution in [0, 0.1) is 11.8 Å². The summed E-state index contributed by atoms with van der Waals surface area (Å²) in [4.78, 5) is 2.30. The lowest BCUT2D eigenvalue weighted by atomic mass is 10.0. The summed E-state index contributed by atoms with van der Waals surface area (Å²) in [6.07, 6.45) is 1.70. The lowest BCUT2D eigenvalue weighted by molar-refractivity contribution is 0.494. The smallest absolute Gasteiger partial charge is 0.155 e. The van der Waals surface area contributed by atoms with Crippen molar-refractivity contribution in [2.45, 2.75) is 20.4 Å². The van der Waals surface area contributed by atoms with Gasteiger partial charge in [0.1, 0.15) is 0 Å². The van der Waals surface area contributed by atoms with Crippen LogP contribution in [-0.2, 0) is 6.54 Å². The van der Waals surface area contributed by atoms with Gasteiger partial charge in [-0.25, -0.2) is 0 Å². The molecule has 15 heavy (non-hydrogen) atoms. The molecule has 82 valence electrons. The fourth-order valence-electron chi connectivity index (χ4n) is 2.08. The van der Waals surface area contributed by atoms with Gasteiger partial charge < -0.3 is 10.6 Å². The lowest BCUT2D eigenvalue weighted by Crippen LogP contribution is -2.23. The average molecular weight is 206 g/mol. The quantitative estimate of drug-likeness (QED) is 0.785. The van der Waals surface area contributed by atoms with E-state index in [0.717, 1.165) is 36.3 Å². The van der Waals surface area contributed by atoms with Gasteiger partial charge in [0.25, 0.3) is 0 Å². The highest BCUT2D eigenvalue weighted by molar-refractivity contribution is 5.46. The van der Waals surface area contributed by atoms with E-state index in [1.54, 1.807) is 6.20 Å². The Kier molecular flexibility index (Phi) is 2.86. The van der Waals surface area contributed by atoms with Gasteiger partial charge >= 0.3 is 0 Å². The molecule has 1 saturated heterocycles. The van der Waals surface area contributed by atoms with Crippen LogP contribution in [0.4, 0.5) is 5.82 Å². The monoisotopic (exact) mass is 206 g/mol. The Hall–Kier alpha value is -1.16. The van der Waals surface area contributed by atoms with Gasteiger partial charge in [0.2, 0.25) is 0 Å². The summed E-state index contributed by atoms with van der Waals surface area (Å²) in [6.45, 7) is 7.22. The van der Waals surface area contributed by atoms with Crippen LogP contribution in [0.5, 0.6) is 0 Å². The maximum Gasteiger partial charge on any atom is 0.155 e. The summed E-state index contributed by atoms with van der Waals surface area (Å²) >= 11 is 0. The Labute approximate surface area is 90.5 Å². The molecule has 0 aliphatic carbocycles. The highest BCUT2D eigenvalue weighted by Crippen LogP contribution is 2.27. The van der Waals surface area contributed by atoms with Gasteiger partial charge in [-0.2, -0.15) is 5.10 Å². The molecule has 0 radical (unpaired) electrons. The van der Waals surface area contributed by atoms with Crippen molar-refractivity contribution in [3.63, 3.8) is 0 Å². The minimum absolute atomic E-state index is 0.532. The zero-order valence-corrected chi connectivity index (χ0v) is 9.35. The minimum Gasteiger partial charge on any atom is -0.354 e. The molecule has 4 nitrogen and oxygen atoms in total. The largest absolute Gasteiger partial charge is 0.354 e. The Morgan fingerprint density at radius 3 is 2.67 bits per heavy atom. The van der Waals surface area contributed by atoms with Crippen molar-refractivity contribution in [1.29, 1.82) is 0 Å². The van der Waals surface area contributed by atoms with E-state index >= 15 is 0 Å². The maximum absolute atomic E-state index is 5.69. The van der Waals surface area contributed by atoms with Crippen LogP contribution in [0.2, 0.25) is 0 Å². The summed E-state index contributed by atoms with van der Waals surface area (Å²) in [6, 6.07) is 1.95. The molecule has 2 rings (SSSR count). The van der Waals surface area contributed by atoms with Crippen LogP contribution in [0.15, 0.2) is 12.3 Å². The third-order valence-corrected chi connectivity index (χ3v) is 3.29. The van der Waals surface area contributed by atoms with E-state index in [0.29, 0.717) is 6.54 Å². The second-order valence-corrected chi connectivity index (χ2v) is 4.44. The minimum atomic E-state index is 0.532. The molecule has 1 aliphatic rings. The molecule has 1 aliphatic heterocycles. The third kappa shape index (κ3) is 1.95. The van der Waals surface area contributed by atoms with Gasteiger partial charge in [-0.05, 0) is 17.9 Å². The maximum atomic E-state index is 5.69. The van der Waals surface area contributed by atoms with E-state index in [1.165, 1.54) is 0 Å². The number of rotatable bonds is 2. The van der Waals surface area contributed by atoms with Crippen LogP contribution in [0.1, 0.15) is 19.4 Å². The molecular weight excluding hydrogens is 188 g/mol. The standard InChI is InChI=1S/C11H18N4/c1-8-6-15(7-9(8)2)11-10(5-12)3-4-13-14-11/h3-4,8-9H,5-7,12H2,1-2H3. The van der Waals surface area contributed by atoms with E-state index in [9.17, 15) is 0 Å². The molecule has 1 aromatic heterocycles. The van der Waals surface area contributed by atoms with Crippen molar-refractivity contribution in [3.05, 3.63) is 17.8 Å². The van der Waals surface area contributed by atoms with Crippen LogP contribution in [0.25, 0.3) is 0 Å². The fraction of sp³-hybridized carbons (Fsp3) is 0.636. The third-order valence-electron chi connectivity index (χ3n) is 3.29. The molecule has 1 fully saturated rings. The van der Waals surface area contributed by atoms with Crippen molar-refractivity contribution in [1.82, 2.24) is 10.2 Å². The van der Waals surface area contributed by atoms with Crippen molar-refractivity contribution < 1.29 is 0 Å². The van der Waals surface area contributed by atoms with Gasteiger partial charge in [0, 0.05) is 25.2 Å². The zero-order chi connectivity index (χ0) is 10.8. The highest BCUT2D eigenvalue weighted by Gasteiger charge is 2.28. The first-order valence-electron chi connectivity index (χ1n) is 5.48. The molecule has 2 heterocycles. The Bertz CT molecular complexity index is 329. The van der Waals surface area contributed by atoms with Gasteiger partial charge in [0.05, 0.1) is 6.20 Å². The van der Waals surface area contributed by atoms with Crippen LogP contribution in [0.3, 0.4) is 0 Å². The number of anilines is 1. The summed E-state index contributed by atoms with van der Waals surface area (Å²) in [5.41, 5.74) is 6.78. The Balaban J connectivity index is 2.23. The number of nitrogens with two attached hydrogens (primary N) is 1. The predicted octanol–water partition coefficient (Wildman–Crippen LogP) is 1.03. The topological polar surface area (TPSA) is 55.0 Å². The average Bonchev–Trinajstić information content (AvgIpc) is 2.59. The first-order chi connectivity index (χ1) is 7.22. The van der Waals surface area contributed by atoms with E-state index in [2.05, 4.69) is 28.9 Å².